The van der Waals surface area contributed by atoms with Gasteiger partial charge in [-0.3, -0.25) is 4.90 Å². The lowest BCUT2D eigenvalue weighted by atomic mass is 10.1. The lowest BCUT2D eigenvalue weighted by molar-refractivity contribution is 0.0929. The van der Waals surface area contributed by atoms with Crippen LogP contribution in [0.2, 0.25) is 0 Å². The van der Waals surface area contributed by atoms with Crippen LogP contribution in [0, 0.1) is 0 Å². The van der Waals surface area contributed by atoms with Gasteiger partial charge >= 0.3 is 0 Å². The summed E-state index contributed by atoms with van der Waals surface area (Å²) in [6.45, 7) is 5.29. The largest absolute Gasteiger partial charge is 0.497 e. The van der Waals surface area contributed by atoms with E-state index < -0.39 is 0 Å². The van der Waals surface area contributed by atoms with E-state index in [0.717, 1.165) is 44.7 Å². The maximum Gasteiger partial charge on any atom is 0.119 e. The Labute approximate surface area is 128 Å². The molecule has 1 N–H and O–H groups in total. The second kappa shape index (κ2) is 10.6. The van der Waals surface area contributed by atoms with Crippen molar-refractivity contribution < 1.29 is 14.6 Å². The van der Waals surface area contributed by atoms with Gasteiger partial charge in [0.15, 0.2) is 0 Å². The first-order chi connectivity index (χ1) is 10.2. The van der Waals surface area contributed by atoms with Gasteiger partial charge in [-0.25, -0.2) is 0 Å². The number of benzene rings is 1. The summed E-state index contributed by atoms with van der Waals surface area (Å²) in [4.78, 5) is 2.29. The molecule has 0 aliphatic heterocycles. The molecule has 1 aromatic rings. The molecule has 0 spiro atoms. The van der Waals surface area contributed by atoms with Crippen molar-refractivity contribution in [3.63, 3.8) is 0 Å². The summed E-state index contributed by atoms with van der Waals surface area (Å²) < 4.78 is 10.4. The van der Waals surface area contributed by atoms with Crippen molar-refractivity contribution in [2.45, 2.75) is 38.8 Å². The van der Waals surface area contributed by atoms with Crippen molar-refractivity contribution >= 4 is 0 Å². The zero-order valence-corrected chi connectivity index (χ0v) is 13.5. The van der Waals surface area contributed by atoms with Gasteiger partial charge in [-0.15, -0.1) is 0 Å². The molecule has 1 rings (SSSR count). The van der Waals surface area contributed by atoms with Crippen LogP contribution in [0.25, 0.3) is 0 Å². The molecule has 0 bridgehead atoms. The molecular formula is C17H29NO3. The first kappa shape index (κ1) is 18.0. The van der Waals surface area contributed by atoms with Crippen LogP contribution in [0.3, 0.4) is 0 Å². The zero-order valence-electron chi connectivity index (χ0n) is 13.5. The van der Waals surface area contributed by atoms with Crippen molar-refractivity contribution in [3.05, 3.63) is 29.8 Å². The molecule has 0 aromatic heterocycles. The minimum atomic E-state index is -0.261. The third kappa shape index (κ3) is 7.46. The van der Waals surface area contributed by atoms with Crippen molar-refractivity contribution in [1.29, 1.82) is 0 Å². The molecule has 1 atom stereocenters. The maximum atomic E-state index is 10.1. The Bertz CT molecular complexity index is 384. The number of nitrogens with zero attached hydrogens (tertiary/aromatic N) is 1. The standard InChI is InChI=1S/C17H29NO3/c1-4-7-16(19)14-18(10-6-11-20-2)13-15-8-5-9-17(12-15)21-3/h5,8-9,12,16,19H,4,6-7,10-11,13-14H2,1-3H3/t16-/m1/s1. The maximum absolute atomic E-state index is 10.1. The fourth-order valence-corrected chi connectivity index (χ4v) is 2.42. The van der Waals surface area contributed by atoms with Crippen molar-refractivity contribution in [2.24, 2.45) is 0 Å². The van der Waals surface area contributed by atoms with E-state index in [1.807, 2.05) is 12.1 Å². The second-order valence-corrected chi connectivity index (χ2v) is 5.38. The van der Waals surface area contributed by atoms with Gasteiger partial charge < -0.3 is 14.6 Å². The number of hydrogen-bond donors (Lipinski definition) is 1. The quantitative estimate of drug-likeness (QED) is 0.637. The van der Waals surface area contributed by atoms with E-state index in [1.165, 1.54) is 5.56 Å². The lowest BCUT2D eigenvalue weighted by Gasteiger charge is -2.25. The summed E-state index contributed by atoms with van der Waals surface area (Å²) >= 11 is 0. The zero-order chi connectivity index (χ0) is 15.5. The summed E-state index contributed by atoms with van der Waals surface area (Å²) in [5.74, 6) is 0.874. The van der Waals surface area contributed by atoms with Crippen LogP contribution in [0.5, 0.6) is 5.75 Å². The molecule has 0 radical (unpaired) electrons. The smallest absolute Gasteiger partial charge is 0.119 e. The normalized spacial score (nSPS) is 12.6. The van der Waals surface area contributed by atoms with Crippen LogP contribution in [0.1, 0.15) is 31.7 Å². The predicted molar refractivity (Wildman–Crippen MR) is 85.7 cm³/mol. The van der Waals surface area contributed by atoms with Gasteiger partial charge in [-0.1, -0.05) is 25.5 Å². The van der Waals surface area contributed by atoms with Crippen LogP contribution < -0.4 is 4.74 Å². The number of hydrogen-bond acceptors (Lipinski definition) is 4. The van der Waals surface area contributed by atoms with Crippen molar-refractivity contribution in [3.8, 4) is 5.75 Å². The van der Waals surface area contributed by atoms with Gasteiger partial charge in [-0.2, -0.15) is 0 Å². The van der Waals surface area contributed by atoms with E-state index in [1.54, 1.807) is 14.2 Å². The average molecular weight is 295 g/mol. The Hall–Kier alpha value is -1.10. The number of methoxy groups -OCH3 is 2. The minimum absolute atomic E-state index is 0.261. The van der Waals surface area contributed by atoms with Gasteiger partial charge in [0.1, 0.15) is 5.75 Å². The Morgan fingerprint density at radius 3 is 2.76 bits per heavy atom. The van der Waals surface area contributed by atoms with E-state index in [4.69, 9.17) is 9.47 Å². The molecular weight excluding hydrogens is 266 g/mol. The Balaban J connectivity index is 2.60. The fraction of sp³-hybridized carbons (Fsp3) is 0.647. The van der Waals surface area contributed by atoms with Crippen LogP contribution in [0.15, 0.2) is 24.3 Å². The van der Waals surface area contributed by atoms with Crippen LogP contribution in [0.4, 0.5) is 0 Å². The van der Waals surface area contributed by atoms with Crippen LogP contribution >= 0.6 is 0 Å². The molecule has 0 unspecified atom stereocenters. The van der Waals surface area contributed by atoms with Crippen molar-refractivity contribution in [1.82, 2.24) is 4.90 Å². The molecule has 0 saturated carbocycles. The Kier molecular flexibility index (Phi) is 9.06. The highest BCUT2D eigenvalue weighted by molar-refractivity contribution is 5.28. The molecule has 0 aliphatic rings. The van der Waals surface area contributed by atoms with Crippen LogP contribution in [-0.4, -0.2) is 50.0 Å². The lowest BCUT2D eigenvalue weighted by Crippen LogP contribution is -2.33. The number of ether oxygens (including phenoxy) is 2. The average Bonchev–Trinajstić information content (AvgIpc) is 2.48. The van der Waals surface area contributed by atoms with E-state index in [-0.39, 0.29) is 6.10 Å². The molecule has 0 heterocycles. The number of rotatable bonds is 11. The van der Waals surface area contributed by atoms with Crippen LogP contribution in [-0.2, 0) is 11.3 Å². The van der Waals surface area contributed by atoms with E-state index in [2.05, 4.69) is 24.0 Å². The van der Waals surface area contributed by atoms with Gasteiger partial charge in [0.05, 0.1) is 13.2 Å². The highest BCUT2D eigenvalue weighted by Crippen LogP contribution is 2.15. The highest BCUT2D eigenvalue weighted by Gasteiger charge is 2.12. The van der Waals surface area contributed by atoms with Crippen molar-refractivity contribution in [2.75, 3.05) is 33.9 Å². The second-order valence-electron chi connectivity index (χ2n) is 5.38. The molecule has 0 amide bonds. The van der Waals surface area contributed by atoms with E-state index >= 15 is 0 Å². The molecule has 21 heavy (non-hydrogen) atoms. The Morgan fingerprint density at radius 1 is 1.29 bits per heavy atom. The first-order valence-electron chi connectivity index (χ1n) is 7.71. The monoisotopic (exact) mass is 295 g/mol. The molecule has 120 valence electrons. The van der Waals surface area contributed by atoms with E-state index in [0.29, 0.717) is 6.54 Å². The molecule has 1 aromatic carbocycles. The predicted octanol–water partition coefficient (Wildman–Crippen LogP) is 2.69. The number of aliphatic hydroxyl groups is 1. The molecule has 0 aliphatic carbocycles. The molecule has 0 fully saturated rings. The summed E-state index contributed by atoms with van der Waals surface area (Å²) in [6, 6.07) is 8.10. The SMILES string of the molecule is CCC[C@@H](O)CN(CCCOC)Cc1cccc(OC)c1. The van der Waals surface area contributed by atoms with Gasteiger partial charge in [0.25, 0.3) is 0 Å². The molecule has 4 heteroatoms. The summed E-state index contributed by atoms with van der Waals surface area (Å²) in [5.41, 5.74) is 1.20. The minimum Gasteiger partial charge on any atom is -0.497 e. The third-order valence-electron chi connectivity index (χ3n) is 3.45. The van der Waals surface area contributed by atoms with Gasteiger partial charge in [0, 0.05) is 33.4 Å². The van der Waals surface area contributed by atoms with Gasteiger partial charge in [0.2, 0.25) is 0 Å². The summed E-state index contributed by atoms with van der Waals surface area (Å²) in [7, 11) is 3.40. The first-order valence-corrected chi connectivity index (χ1v) is 7.71. The molecule has 0 saturated heterocycles. The van der Waals surface area contributed by atoms with E-state index in [9.17, 15) is 5.11 Å². The highest BCUT2D eigenvalue weighted by atomic mass is 16.5. The summed E-state index contributed by atoms with van der Waals surface area (Å²) in [5, 5.41) is 10.1. The fourth-order valence-electron chi connectivity index (χ4n) is 2.42. The topological polar surface area (TPSA) is 41.9 Å². The number of aliphatic hydroxyl groups excluding tert-OH is 1. The summed E-state index contributed by atoms with van der Waals surface area (Å²) in [6.07, 6.45) is 2.56. The third-order valence-corrected chi connectivity index (χ3v) is 3.45. The van der Waals surface area contributed by atoms with Gasteiger partial charge in [-0.05, 0) is 30.5 Å². The molecule has 4 nitrogen and oxygen atoms in total. The Morgan fingerprint density at radius 2 is 2.10 bits per heavy atom.